The van der Waals surface area contributed by atoms with Crippen molar-refractivity contribution in [1.29, 1.82) is 0 Å². The van der Waals surface area contributed by atoms with Crippen LogP contribution in [0.4, 0.5) is 9.59 Å². The normalized spacial score (nSPS) is 24.0. The lowest BCUT2D eigenvalue weighted by Crippen LogP contribution is -2.56. The van der Waals surface area contributed by atoms with Gasteiger partial charge in [0.25, 0.3) is 17.7 Å². The number of ether oxygens (including phenoxy) is 8. The van der Waals surface area contributed by atoms with Crippen molar-refractivity contribution < 1.29 is 107 Å². The Morgan fingerprint density at radius 1 is 0.449 bits per heavy atom. The minimum Gasteiger partial charge on any atom is -0.497 e. The molecule has 730 valence electrons. The number of pyridine rings is 3. The van der Waals surface area contributed by atoms with E-state index in [9.17, 15) is 68.7 Å². The minimum absolute atomic E-state index is 0.0216. The largest absolute Gasteiger partial charge is 0.497 e. The highest BCUT2D eigenvalue weighted by Crippen LogP contribution is 2.49. The Kier molecular flexibility index (Phi) is 28.5. The van der Waals surface area contributed by atoms with Gasteiger partial charge in [-0.15, -0.1) is 19.7 Å². The number of carbonyl (C=O) groups excluding carboxylic acids is 7. The van der Waals surface area contributed by atoms with Crippen molar-refractivity contribution in [3.63, 3.8) is 0 Å². The number of benzene rings is 6. The van der Waals surface area contributed by atoms with E-state index in [1.165, 1.54) is 15.9 Å². The first-order valence-corrected chi connectivity index (χ1v) is 50.2. The molecule has 18 rings (SSSR count). The van der Waals surface area contributed by atoms with Crippen LogP contribution in [0.3, 0.4) is 0 Å². The van der Waals surface area contributed by atoms with Crippen molar-refractivity contribution in [1.82, 2.24) is 54.9 Å². The summed E-state index contributed by atoms with van der Waals surface area (Å²) in [4.78, 5) is 120. The van der Waals surface area contributed by atoms with Crippen molar-refractivity contribution in [2.75, 3.05) is 41.0 Å². The van der Waals surface area contributed by atoms with Gasteiger partial charge >= 0.3 is 18.2 Å². The number of likely N-dealkylation sites (tertiary alicyclic amines) is 2. The zero-order chi connectivity index (χ0) is 98.9. The molecule has 0 bridgehead atoms. The van der Waals surface area contributed by atoms with Crippen LogP contribution in [0.5, 0.6) is 34.5 Å². The predicted octanol–water partition coefficient (Wildman–Crippen LogP) is 11.3. The van der Waals surface area contributed by atoms with Gasteiger partial charge in [0.05, 0.1) is 89.8 Å². The molecule has 138 heavy (non-hydrogen) atoms. The average molecular weight is 1950 g/mol. The van der Waals surface area contributed by atoms with Gasteiger partial charge in [-0.1, -0.05) is 109 Å². The molecule has 3 aliphatic heterocycles. The van der Waals surface area contributed by atoms with E-state index in [4.69, 9.17) is 58.6 Å². The summed E-state index contributed by atoms with van der Waals surface area (Å²) in [7, 11) is -6.29. The lowest BCUT2D eigenvalue weighted by molar-refractivity contribution is -0.142. The number of carbonyl (C=O) groups is 8. The Bertz CT molecular complexity index is 6600. The van der Waals surface area contributed by atoms with Crippen LogP contribution in [-0.4, -0.2) is 224 Å². The first-order valence-electron chi connectivity index (χ1n) is 45.6. The van der Waals surface area contributed by atoms with E-state index in [1.807, 2.05) is 162 Å². The summed E-state index contributed by atoms with van der Waals surface area (Å²) in [6.07, 6.45) is 6.66. The number of carboxylic acid groups (broad SMARTS) is 1. The summed E-state index contributed by atoms with van der Waals surface area (Å²) in [6, 6.07) is 48.6. The Balaban J connectivity index is 0.000000147. The Morgan fingerprint density at radius 3 is 1.12 bits per heavy atom. The van der Waals surface area contributed by atoms with E-state index in [0.717, 1.165) is 38.7 Å². The van der Waals surface area contributed by atoms with E-state index >= 15 is 0 Å². The number of sulfonamides is 3. The molecule has 7 amide bonds. The molecule has 9 fully saturated rings. The molecular weight excluding hydrogens is 1830 g/mol. The average Bonchev–Trinajstić information content (AvgIpc) is 1.58. The number of nitrogens with one attached hydrogen (secondary N) is 6. The Hall–Kier alpha value is -13.3. The van der Waals surface area contributed by atoms with Crippen LogP contribution in [0.25, 0.3) is 66.5 Å². The number of fused-ring (bicyclic) bond motifs is 3. The zero-order valence-corrected chi connectivity index (χ0v) is 80.4. The quantitative estimate of drug-likeness (QED) is 0.0202. The Morgan fingerprint density at radius 2 is 0.790 bits per heavy atom. The maximum Gasteiger partial charge on any atom is 0.411 e. The van der Waals surface area contributed by atoms with E-state index in [-0.39, 0.29) is 56.2 Å². The van der Waals surface area contributed by atoms with Gasteiger partial charge in [-0.3, -0.25) is 47.9 Å². The van der Waals surface area contributed by atoms with Crippen LogP contribution in [0.2, 0.25) is 0 Å². The predicted molar refractivity (Wildman–Crippen MR) is 515 cm³/mol. The summed E-state index contributed by atoms with van der Waals surface area (Å²) >= 11 is 0. The molecule has 9 aliphatic rings. The third-order valence-electron chi connectivity index (χ3n) is 25.3. The van der Waals surface area contributed by atoms with E-state index in [1.54, 1.807) is 81.1 Å². The topological polar surface area (TPSA) is 476 Å². The van der Waals surface area contributed by atoms with Crippen molar-refractivity contribution >= 4 is 110 Å². The molecule has 12 atom stereocenters. The number of methoxy groups -OCH3 is 3. The number of amides is 7. The van der Waals surface area contributed by atoms with Crippen LogP contribution in [0, 0.1) is 17.8 Å². The van der Waals surface area contributed by atoms with Crippen molar-refractivity contribution in [3.05, 3.63) is 202 Å². The second kappa shape index (κ2) is 39.7. The number of hydrogen-bond acceptors (Lipinski definition) is 27. The van der Waals surface area contributed by atoms with Crippen LogP contribution < -0.4 is 64.3 Å². The molecule has 9 N–H and O–H groups in total. The highest BCUT2D eigenvalue weighted by atomic mass is 32.2. The maximum atomic E-state index is 14.0. The highest BCUT2D eigenvalue weighted by Gasteiger charge is 2.64. The third kappa shape index (κ3) is 22.9. The molecule has 6 aromatic carbocycles. The molecule has 6 saturated carbocycles. The summed E-state index contributed by atoms with van der Waals surface area (Å²) in [5, 5.41) is 19.2. The van der Waals surface area contributed by atoms with Gasteiger partial charge in [0.2, 0.25) is 41.9 Å². The molecule has 7 unspecified atom stereocenters. The van der Waals surface area contributed by atoms with Crippen molar-refractivity contribution in [2.24, 2.45) is 23.5 Å². The maximum absolute atomic E-state index is 14.0. The lowest BCUT2D eigenvalue weighted by Gasteiger charge is -2.29. The second-order valence-corrected chi connectivity index (χ2v) is 43.8. The monoisotopic (exact) mass is 1950 g/mol. The number of rotatable bonds is 29. The van der Waals surface area contributed by atoms with Crippen LogP contribution in [0.15, 0.2) is 202 Å². The standard InChI is InChI=1S/C35H40N4O8S.C30H32N4O6S.C26H28N2O6.C9H14N2O3S/c1-6-22-19-35(22,32(41)38-48(43,44)25-13-14-25)37-31(40)29-17-24(20-39(29)33(42)47-34(2,3)4)46-30-18-27(21-10-8-7-9-11-21)36-28-16-23(45-5)12-15-26(28)30;1-3-19-16-30(19,29(36)34-41(37,38)22-10-11-22)33-28(35)26-14-21(17-31-26)40-27-15-24(18-7-5-4-6-8-18)32-25-13-20(39-2)9-12-23(25)27;1-26(2,3)34-25(31)28-15-18(13-22(28)24(29)30)33-23-14-20(16-8-6-5-7-9-16)27-21-12-17(32-4)10-11-19(21)23;1-2-6-5-9(6,10)8(12)11-15(13,14)7-3-4-7/h6-12,15-16,18,22,24-25,29H,1,13-14,17,19-20H2,2-5H3,(H,37,40)(H,38,41);3-9,12-13,15,19,21-22,26,31H,1,10-11,14,16-17H2,2H3,(H,33,35)(H,34,36);5-12,14,18,22H,13,15H2,1-4H3,(H,29,30);2,6-7H,1,3-5,10H2,(H,11,12)/t22?,24-,29+,35?;19?,21-,26+,30?;18-,22?;/m111./s1. The van der Waals surface area contributed by atoms with Gasteiger partial charge in [-0.05, 0) is 136 Å². The number of aromatic nitrogens is 3. The summed E-state index contributed by atoms with van der Waals surface area (Å²) in [5.41, 5.74) is 7.21. The fraction of sp³-hybridized carbons (Fsp3) is 0.410. The molecule has 0 radical (unpaired) electrons. The van der Waals surface area contributed by atoms with Gasteiger partial charge in [0.1, 0.15) is 92.7 Å². The van der Waals surface area contributed by atoms with Gasteiger partial charge in [-0.2, -0.15) is 0 Å². The highest BCUT2D eigenvalue weighted by molar-refractivity contribution is 7.91. The SMILES string of the molecule is C=CC1CC1(N)C(=O)NS(=O)(=O)C1CC1.C=CC1CC1(NC(=O)[C@@H]1C[C@@H](Oc2cc(-c3ccccc3)nc3cc(OC)ccc23)CN1)C(=O)NS(=O)(=O)C1CC1.C=CC1CC1(NC(=O)[C@@H]1C[C@@H](Oc2cc(-c3ccccc3)nc3cc(OC)ccc23)CN1C(=O)OC(C)(C)C)C(=O)NS(=O)(=O)C1CC1.COc1ccc2c(O[C@@H]3CC(C(=O)O)N(C(=O)OC(C)(C)C)C3)cc(-c3ccccc3)nc2c1. The molecule has 9 aromatic rings. The smallest absolute Gasteiger partial charge is 0.411 e. The fourth-order valence-electron chi connectivity index (χ4n) is 16.9. The molecule has 38 heteroatoms. The van der Waals surface area contributed by atoms with Gasteiger partial charge in [0, 0.05) is 113 Å². The van der Waals surface area contributed by atoms with Crippen molar-refractivity contribution in [2.45, 2.75) is 199 Å². The first kappa shape index (κ1) is 99.2. The molecule has 6 aliphatic carbocycles. The number of aliphatic carboxylic acids is 1. The van der Waals surface area contributed by atoms with E-state index < -0.39 is 152 Å². The molecule has 3 saturated heterocycles. The fourth-order valence-corrected chi connectivity index (χ4v) is 21.0. The number of hydrogen-bond donors (Lipinski definition) is 8. The molecular formula is C100H114N12O23S3. The van der Waals surface area contributed by atoms with Crippen LogP contribution >= 0.6 is 0 Å². The molecule has 0 spiro atoms. The first-order chi connectivity index (χ1) is 65.5. The minimum atomic E-state index is -3.85. The summed E-state index contributed by atoms with van der Waals surface area (Å²) < 4.78 is 126. The van der Waals surface area contributed by atoms with E-state index in [2.05, 4.69) is 45.1 Å². The summed E-state index contributed by atoms with van der Waals surface area (Å²) in [6.45, 7) is 22.0. The van der Waals surface area contributed by atoms with Gasteiger partial charge < -0.3 is 64.7 Å². The Labute approximate surface area is 800 Å². The van der Waals surface area contributed by atoms with Crippen molar-refractivity contribution in [3.8, 4) is 68.3 Å². The molecule has 3 aromatic heterocycles. The van der Waals surface area contributed by atoms with E-state index in [0.29, 0.717) is 127 Å². The number of nitrogens with zero attached hydrogens (tertiary/aromatic N) is 5. The third-order valence-corrected chi connectivity index (χ3v) is 30.7. The van der Waals surface area contributed by atoms with Crippen LogP contribution in [0.1, 0.15) is 119 Å². The summed E-state index contributed by atoms with van der Waals surface area (Å²) in [5.74, 6) is -1.45. The number of carboxylic acids is 1. The molecule has 35 nitrogen and oxygen atoms in total. The van der Waals surface area contributed by atoms with Crippen LogP contribution in [-0.2, 0) is 68.3 Å². The van der Waals surface area contributed by atoms with Gasteiger partial charge in [-0.25, -0.2) is 54.6 Å². The second-order valence-electron chi connectivity index (χ2n) is 37.9. The zero-order valence-electron chi connectivity index (χ0n) is 77.9. The van der Waals surface area contributed by atoms with Gasteiger partial charge in [0.15, 0.2) is 0 Å². The number of nitrogens with two attached hydrogens (primary N) is 1. The molecule has 6 heterocycles. The lowest BCUT2D eigenvalue weighted by atomic mass is 10.1.